The summed E-state index contributed by atoms with van der Waals surface area (Å²) in [5, 5.41) is 13.3. The quantitative estimate of drug-likeness (QED) is 0.464. The Morgan fingerprint density at radius 3 is 2.93 bits per heavy atom. The number of benzene rings is 1. The molecule has 0 saturated carbocycles. The van der Waals surface area contributed by atoms with E-state index in [1.165, 1.54) is 0 Å². The van der Waals surface area contributed by atoms with Crippen molar-refractivity contribution in [2.45, 2.75) is 38.6 Å². The minimum Gasteiger partial charge on any atom is -0.372 e. The van der Waals surface area contributed by atoms with Gasteiger partial charge in [0.1, 0.15) is 18.2 Å². The fourth-order valence-corrected chi connectivity index (χ4v) is 3.14. The Bertz CT molecular complexity index is 987. The predicted octanol–water partition coefficient (Wildman–Crippen LogP) is -0.145. The molecule has 2 aromatic rings. The van der Waals surface area contributed by atoms with Crippen LogP contribution in [-0.4, -0.2) is 52.5 Å². The average Bonchev–Trinajstić information content (AvgIpc) is 2.71. The molecule has 1 unspecified atom stereocenters. The minimum atomic E-state index is -0.846. The van der Waals surface area contributed by atoms with E-state index in [4.69, 9.17) is 4.74 Å². The SMILES string of the molecule is CCOCC(=O)NCCCc1ccc2nnn(C3CCC(=O)NC3=O)c(=O)c2c1. The maximum Gasteiger partial charge on any atom is 0.278 e. The second-order valence-electron chi connectivity index (χ2n) is 6.75. The molecule has 1 aliphatic rings. The molecule has 1 saturated heterocycles. The monoisotopic (exact) mass is 401 g/mol. The van der Waals surface area contributed by atoms with E-state index in [9.17, 15) is 19.2 Å². The van der Waals surface area contributed by atoms with Crippen LogP contribution >= 0.6 is 0 Å². The molecule has 1 atom stereocenters. The minimum absolute atomic E-state index is 0.0467. The van der Waals surface area contributed by atoms with Gasteiger partial charge in [-0.2, -0.15) is 4.68 Å². The summed E-state index contributed by atoms with van der Waals surface area (Å²) >= 11 is 0. The van der Waals surface area contributed by atoms with Crippen molar-refractivity contribution in [3.05, 3.63) is 34.1 Å². The number of hydrogen-bond donors (Lipinski definition) is 2. The molecule has 2 N–H and O–H groups in total. The number of nitrogens with one attached hydrogen (secondary N) is 2. The lowest BCUT2D eigenvalue weighted by Crippen LogP contribution is -2.45. The van der Waals surface area contributed by atoms with Gasteiger partial charge in [-0.25, -0.2) is 0 Å². The van der Waals surface area contributed by atoms with Crippen molar-refractivity contribution in [3.8, 4) is 0 Å². The van der Waals surface area contributed by atoms with Crippen LogP contribution in [0.2, 0.25) is 0 Å². The first-order valence-electron chi connectivity index (χ1n) is 9.56. The molecule has 10 heteroatoms. The third kappa shape index (κ3) is 5.02. The number of amides is 3. The lowest BCUT2D eigenvalue weighted by molar-refractivity contribution is -0.136. The van der Waals surface area contributed by atoms with Crippen molar-refractivity contribution < 1.29 is 19.1 Å². The Kier molecular flexibility index (Phi) is 6.65. The molecule has 3 amide bonds. The molecule has 2 heterocycles. The van der Waals surface area contributed by atoms with Crippen molar-refractivity contribution >= 4 is 28.6 Å². The summed E-state index contributed by atoms with van der Waals surface area (Å²) in [5.74, 6) is -1.06. The van der Waals surface area contributed by atoms with Crippen LogP contribution in [0.25, 0.3) is 10.9 Å². The molecule has 3 rings (SSSR count). The number of piperidine rings is 1. The van der Waals surface area contributed by atoms with Crippen LogP contribution < -0.4 is 16.2 Å². The molecule has 29 heavy (non-hydrogen) atoms. The number of aromatic nitrogens is 3. The van der Waals surface area contributed by atoms with E-state index in [-0.39, 0.29) is 31.3 Å². The Morgan fingerprint density at radius 2 is 2.17 bits per heavy atom. The van der Waals surface area contributed by atoms with Gasteiger partial charge >= 0.3 is 0 Å². The van der Waals surface area contributed by atoms with Crippen LogP contribution in [0, 0.1) is 0 Å². The smallest absolute Gasteiger partial charge is 0.278 e. The molecule has 0 bridgehead atoms. The number of rotatable bonds is 8. The molecule has 154 valence electrons. The lowest BCUT2D eigenvalue weighted by Gasteiger charge is -2.21. The Balaban J connectivity index is 1.69. The van der Waals surface area contributed by atoms with Crippen LogP contribution in [0.4, 0.5) is 0 Å². The van der Waals surface area contributed by atoms with Crippen LogP contribution in [0.3, 0.4) is 0 Å². The average molecular weight is 401 g/mol. The molecular weight excluding hydrogens is 378 g/mol. The Morgan fingerprint density at radius 1 is 1.34 bits per heavy atom. The zero-order chi connectivity index (χ0) is 20.8. The fourth-order valence-electron chi connectivity index (χ4n) is 3.14. The van der Waals surface area contributed by atoms with E-state index in [1.807, 2.05) is 13.0 Å². The first-order valence-corrected chi connectivity index (χ1v) is 9.56. The summed E-state index contributed by atoms with van der Waals surface area (Å²) < 4.78 is 6.08. The molecule has 1 aromatic carbocycles. The molecule has 0 spiro atoms. The molecule has 1 fully saturated rings. The lowest BCUT2D eigenvalue weighted by atomic mass is 10.1. The van der Waals surface area contributed by atoms with Crippen molar-refractivity contribution in [1.29, 1.82) is 0 Å². The first-order chi connectivity index (χ1) is 14.0. The summed E-state index contributed by atoms with van der Waals surface area (Å²) in [5.41, 5.74) is 0.931. The highest BCUT2D eigenvalue weighted by atomic mass is 16.5. The van der Waals surface area contributed by atoms with Crippen LogP contribution in [-0.2, 0) is 25.5 Å². The number of aryl methyl sites for hydroxylation is 1. The van der Waals surface area contributed by atoms with Crippen molar-refractivity contribution in [1.82, 2.24) is 25.6 Å². The van der Waals surface area contributed by atoms with Gasteiger partial charge in [0.05, 0.1) is 5.39 Å². The normalized spacial score (nSPS) is 16.7. The number of carbonyl (C=O) groups is 3. The van der Waals surface area contributed by atoms with Gasteiger partial charge in [0.15, 0.2) is 0 Å². The summed E-state index contributed by atoms with van der Waals surface area (Å²) in [6.45, 7) is 2.86. The summed E-state index contributed by atoms with van der Waals surface area (Å²) in [4.78, 5) is 47.7. The molecule has 10 nitrogen and oxygen atoms in total. The standard InChI is InChI=1S/C19H23N5O5/c1-2-29-11-17(26)20-9-3-4-12-5-6-14-13(10-12)19(28)24(23-22-14)15-7-8-16(25)21-18(15)27/h5-6,10,15H,2-4,7-9,11H2,1H3,(H,20,26)(H,21,25,27). The van der Waals surface area contributed by atoms with Gasteiger partial charge in [-0.15, -0.1) is 5.10 Å². The van der Waals surface area contributed by atoms with Gasteiger partial charge in [0.2, 0.25) is 11.8 Å². The van der Waals surface area contributed by atoms with E-state index in [0.29, 0.717) is 36.9 Å². The van der Waals surface area contributed by atoms with E-state index < -0.39 is 17.5 Å². The van der Waals surface area contributed by atoms with Gasteiger partial charge in [0, 0.05) is 19.6 Å². The summed E-state index contributed by atoms with van der Waals surface area (Å²) in [7, 11) is 0. The number of ether oxygens (including phenoxy) is 1. The van der Waals surface area contributed by atoms with Crippen molar-refractivity contribution in [2.24, 2.45) is 0 Å². The van der Waals surface area contributed by atoms with Gasteiger partial charge in [-0.3, -0.25) is 24.5 Å². The molecule has 0 radical (unpaired) electrons. The van der Waals surface area contributed by atoms with Crippen LogP contribution in [0.15, 0.2) is 23.0 Å². The molecule has 1 aliphatic heterocycles. The maximum absolute atomic E-state index is 12.9. The van der Waals surface area contributed by atoms with Crippen LogP contribution in [0.5, 0.6) is 0 Å². The Hall–Kier alpha value is -3.14. The van der Waals surface area contributed by atoms with Gasteiger partial charge in [-0.05, 0) is 43.9 Å². The highest BCUT2D eigenvalue weighted by Gasteiger charge is 2.30. The number of carbonyl (C=O) groups excluding carboxylic acids is 3. The fraction of sp³-hybridized carbons (Fsp3) is 0.474. The van der Waals surface area contributed by atoms with Gasteiger partial charge in [-0.1, -0.05) is 11.3 Å². The number of nitrogens with zero attached hydrogens (tertiary/aromatic N) is 3. The van der Waals surface area contributed by atoms with E-state index in [1.54, 1.807) is 12.1 Å². The zero-order valence-electron chi connectivity index (χ0n) is 16.1. The number of hydrogen-bond acceptors (Lipinski definition) is 7. The highest BCUT2D eigenvalue weighted by Crippen LogP contribution is 2.17. The van der Waals surface area contributed by atoms with Gasteiger partial charge < -0.3 is 10.1 Å². The summed E-state index contributed by atoms with van der Waals surface area (Å²) in [6.07, 6.45) is 1.72. The molecular formula is C19H23N5O5. The second-order valence-corrected chi connectivity index (χ2v) is 6.75. The van der Waals surface area contributed by atoms with E-state index >= 15 is 0 Å². The summed E-state index contributed by atoms with van der Waals surface area (Å²) in [6, 6.07) is 4.45. The highest BCUT2D eigenvalue weighted by molar-refractivity contribution is 5.99. The topological polar surface area (TPSA) is 132 Å². The second kappa shape index (κ2) is 9.37. The number of fused-ring (bicyclic) bond motifs is 1. The maximum atomic E-state index is 12.9. The zero-order valence-corrected chi connectivity index (χ0v) is 16.1. The predicted molar refractivity (Wildman–Crippen MR) is 103 cm³/mol. The third-order valence-electron chi connectivity index (χ3n) is 4.66. The Labute approximate surface area is 166 Å². The molecule has 0 aliphatic carbocycles. The van der Waals surface area contributed by atoms with Crippen molar-refractivity contribution in [3.63, 3.8) is 0 Å². The third-order valence-corrected chi connectivity index (χ3v) is 4.66. The number of imide groups is 1. The largest absolute Gasteiger partial charge is 0.372 e. The first kappa shape index (κ1) is 20.6. The van der Waals surface area contributed by atoms with Crippen LogP contribution in [0.1, 0.15) is 37.8 Å². The molecule has 1 aromatic heterocycles. The van der Waals surface area contributed by atoms with E-state index in [0.717, 1.165) is 10.2 Å². The van der Waals surface area contributed by atoms with Crippen molar-refractivity contribution in [2.75, 3.05) is 19.8 Å². The van der Waals surface area contributed by atoms with E-state index in [2.05, 4.69) is 20.9 Å². The van der Waals surface area contributed by atoms with Gasteiger partial charge in [0.25, 0.3) is 11.5 Å².